The summed E-state index contributed by atoms with van der Waals surface area (Å²) in [6, 6.07) is 9.26. The number of hydrogen-bond donors (Lipinski definition) is 0. The van der Waals surface area contributed by atoms with Crippen molar-refractivity contribution in [3.8, 4) is 0 Å². The van der Waals surface area contributed by atoms with Crippen LogP contribution in [0.3, 0.4) is 0 Å². The highest BCUT2D eigenvalue weighted by Gasteiger charge is 2.22. The summed E-state index contributed by atoms with van der Waals surface area (Å²) in [5, 5.41) is 0. The smallest absolute Gasteiger partial charge is 0.237 e. The number of hydrogen-bond acceptors (Lipinski definition) is 3. The molecule has 0 N–H and O–H groups in total. The average molecular weight is 298 g/mol. The first-order valence-electron chi connectivity index (χ1n) is 6.65. The van der Waals surface area contributed by atoms with E-state index < -0.39 is 10.0 Å². The lowest BCUT2D eigenvalue weighted by Crippen LogP contribution is -2.42. The highest BCUT2D eigenvalue weighted by Crippen LogP contribution is 2.09. The minimum Gasteiger partial charge on any atom is -0.342 e. The molecule has 6 heteroatoms. The normalized spacial score (nSPS) is 11.6. The maximum atomic E-state index is 12.1. The van der Waals surface area contributed by atoms with Crippen LogP contribution in [0.1, 0.15) is 19.4 Å². The zero-order valence-corrected chi connectivity index (χ0v) is 13.1. The Bertz CT molecular complexity index is 525. The minimum absolute atomic E-state index is 0.116. The van der Waals surface area contributed by atoms with Crippen LogP contribution in [-0.4, -0.2) is 49.4 Å². The van der Waals surface area contributed by atoms with Crippen LogP contribution in [0.5, 0.6) is 0 Å². The Morgan fingerprint density at radius 3 is 2.10 bits per heavy atom. The van der Waals surface area contributed by atoms with Crippen LogP contribution in [0.4, 0.5) is 0 Å². The molecule has 0 radical (unpaired) electrons. The van der Waals surface area contributed by atoms with Crippen LogP contribution in [0.25, 0.3) is 0 Å². The first-order valence-corrected chi connectivity index (χ1v) is 8.50. The van der Waals surface area contributed by atoms with E-state index in [0.29, 0.717) is 13.1 Å². The van der Waals surface area contributed by atoms with Crippen molar-refractivity contribution in [1.82, 2.24) is 9.21 Å². The van der Waals surface area contributed by atoms with Gasteiger partial charge in [-0.1, -0.05) is 30.3 Å². The standard InChI is InChI=1S/C14H22N2O3S/c1-4-15(5-2)14(17)12-16(20(3,18)19)11-13-9-7-6-8-10-13/h6-10H,4-5,11-12H2,1-3H3. The van der Waals surface area contributed by atoms with Gasteiger partial charge >= 0.3 is 0 Å². The van der Waals surface area contributed by atoms with Gasteiger partial charge in [0, 0.05) is 19.6 Å². The van der Waals surface area contributed by atoms with Crippen LogP contribution in [0.2, 0.25) is 0 Å². The van der Waals surface area contributed by atoms with Gasteiger partial charge in [0.2, 0.25) is 15.9 Å². The molecule has 0 aliphatic carbocycles. The molecular weight excluding hydrogens is 276 g/mol. The van der Waals surface area contributed by atoms with Crippen molar-refractivity contribution in [1.29, 1.82) is 0 Å². The van der Waals surface area contributed by atoms with Gasteiger partial charge in [0.1, 0.15) is 0 Å². The molecule has 0 aliphatic rings. The molecule has 0 saturated heterocycles. The third kappa shape index (κ3) is 4.94. The predicted molar refractivity (Wildman–Crippen MR) is 79.6 cm³/mol. The lowest BCUT2D eigenvalue weighted by Gasteiger charge is -2.24. The Kier molecular flexibility index (Phi) is 6.16. The summed E-state index contributed by atoms with van der Waals surface area (Å²) in [5.41, 5.74) is 0.866. The second-order valence-corrected chi connectivity index (χ2v) is 6.57. The molecule has 1 rings (SSSR count). The maximum absolute atomic E-state index is 12.1. The van der Waals surface area contributed by atoms with Crippen molar-refractivity contribution < 1.29 is 13.2 Å². The lowest BCUT2D eigenvalue weighted by atomic mass is 10.2. The SMILES string of the molecule is CCN(CC)C(=O)CN(Cc1ccccc1)S(C)(=O)=O. The van der Waals surface area contributed by atoms with E-state index in [1.54, 1.807) is 4.90 Å². The van der Waals surface area contributed by atoms with E-state index in [9.17, 15) is 13.2 Å². The number of benzene rings is 1. The Balaban J connectivity index is 2.84. The Morgan fingerprint density at radius 1 is 1.10 bits per heavy atom. The van der Waals surface area contributed by atoms with E-state index in [4.69, 9.17) is 0 Å². The number of rotatable bonds is 7. The summed E-state index contributed by atoms with van der Waals surface area (Å²) in [7, 11) is -3.42. The number of nitrogens with zero attached hydrogens (tertiary/aromatic N) is 2. The van der Waals surface area contributed by atoms with Crippen LogP contribution < -0.4 is 0 Å². The highest BCUT2D eigenvalue weighted by atomic mass is 32.2. The molecular formula is C14H22N2O3S. The van der Waals surface area contributed by atoms with Gasteiger partial charge in [-0.25, -0.2) is 8.42 Å². The molecule has 1 amide bonds. The van der Waals surface area contributed by atoms with E-state index >= 15 is 0 Å². The molecule has 0 bridgehead atoms. The average Bonchev–Trinajstić information content (AvgIpc) is 2.39. The van der Waals surface area contributed by atoms with Gasteiger partial charge in [0.05, 0.1) is 12.8 Å². The summed E-state index contributed by atoms with van der Waals surface area (Å²) < 4.78 is 24.9. The predicted octanol–water partition coefficient (Wildman–Crippen LogP) is 1.32. The number of carbonyl (C=O) groups excluding carboxylic acids is 1. The fourth-order valence-electron chi connectivity index (χ4n) is 1.90. The molecule has 5 nitrogen and oxygen atoms in total. The van der Waals surface area contributed by atoms with Gasteiger partial charge in [-0.3, -0.25) is 4.79 Å². The highest BCUT2D eigenvalue weighted by molar-refractivity contribution is 7.88. The molecule has 0 spiro atoms. The topological polar surface area (TPSA) is 57.7 Å². The van der Waals surface area contributed by atoms with Crippen molar-refractivity contribution >= 4 is 15.9 Å². The molecule has 1 aromatic rings. The van der Waals surface area contributed by atoms with Gasteiger partial charge in [0.15, 0.2) is 0 Å². The summed E-state index contributed by atoms with van der Waals surface area (Å²) >= 11 is 0. The zero-order chi connectivity index (χ0) is 15.2. The monoisotopic (exact) mass is 298 g/mol. The third-order valence-corrected chi connectivity index (χ3v) is 4.29. The molecule has 0 fully saturated rings. The number of amides is 1. The van der Waals surface area contributed by atoms with E-state index in [1.165, 1.54) is 4.31 Å². The molecule has 0 unspecified atom stereocenters. The van der Waals surface area contributed by atoms with Crippen molar-refractivity contribution in [3.05, 3.63) is 35.9 Å². The van der Waals surface area contributed by atoms with E-state index in [2.05, 4.69) is 0 Å². The van der Waals surface area contributed by atoms with Gasteiger partial charge in [-0.2, -0.15) is 4.31 Å². The quantitative estimate of drug-likeness (QED) is 0.763. The molecule has 0 aromatic heterocycles. The Hall–Kier alpha value is -1.40. The van der Waals surface area contributed by atoms with Crippen LogP contribution in [0.15, 0.2) is 30.3 Å². The lowest BCUT2D eigenvalue weighted by molar-refractivity contribution is -0.131. The second kappa shape index (κ2) is 7.40. The molecule has 1 aromatic carbocycles. The van der Waals surface area contributed by atoms with Gasteiger partial charge in [-0.15, -0.1) is 0 Å². The minimum atomic E-state index is -3.42. The molecule has 0 atom stereocenters. The van der Waals surface area contributed by atoms with Crippen molar-refractivity contribution in [3.63, 3.8) is 0 Å². The van der Waals surface area contributed by atoms with E-state index in [-0.39, 0.29) is 19.0 Å². The van der Waals surface area contributed by atoms with Crippen LogP contribution in [-0.2, 0) is 21.4 Å². The third-order valence-electron chi connectivity index (χ3n) is 3.10. The molecule has 0 saturated carbocycles. The summed E-state index contributed by atoms with van der Waals surface area (Å²) in [6.07, 6.45) is 1.13. The van der Waals surface area contributed by atoms with Crippen LogP contribution in [0, 0.1) is 0 Å². The maximum Gasteiger partial charge on any atom is 0.237 e. The first kappa shape index (κ1) is 16.7. The van der Waals surface area contributed by atoms with E-state index in [0.717, 1.165) is 11.8 Å². The largest absolute Gasteiger partial charge is 0.342 e. The van der Waals surface area contributed by atoms with Crippen molar-refractivity contribution in [2.45, 2.75) is 20.4 Å². The van der Waals surface area contributed by atoms with Gasteiger partial charge in [0.25, 0.3) is 0 Å². The van der Waals surface area contributed by atoms with Crippen molar-refractivity contribution in [2.24, 2.45) is 0 Å². The van der Waals surface area contributed by atoms with Crippen molar-refractivity contribution in [2.75, 3.05) is 25.9 Å². The van der Waals surface area contributed by atoms with E-state index in [1.807, 2.05) is 44.2 Å². The molecule has 0 aliphatic heterocycles. The fourth-order valence-corrected chi connectivity index (χ4v) is 2.63. The number of likely N-dealkylation sites (N-methyl/N-ethyl adjacent to an activating group) is 1. The van der Waals surface area contributed by atoms with Crippen LogP contribution >= 0.6 is 0 Å². The molecule has 0 heterocycles. The molecule has 112 valence electrons. The van der Waals surface area contributed by atoms with Gasteiger partial charge < -0.3 is 4.90 Å². The number of carbonyl (C=O) groups is 1. The Labute approximate surface area is 121 Å². The summed E-state index contributed by atoms with van der Waals surface area (Å²) in [5.74, 6) is -0.170. The fraction of sp³-hybridized carbons (Fsp3) is 0.500. The zero-order valence-electron chi connectivity index (χ0n) is 12.2. The Morgan fingerprint density at radius 2 is 1.65 bits per heavy atom. The summed E-state index contributed by atoms with van der Waals surface area (Å²) in [4.78, 5) is 13.7. The first-order chi connectivity index (χ1) is 9.38. The number of sulfonamides is 1. The second-order valence-electron chi connectivity index (χ2n) is 4.58. The molecule has 20 heavy (non-hydrogen) atoms. The summed E-state index contributed by atoms with van der Waals surface area (Å²) in [6.45, 7) is 5.02. The van der Waals surface area contributed by atoms with Gasteiger partial charge in [-0.05, 0) is 19.4 Å².